The molecule has 2 aromatic rings. The molecule has 1 saturated carbocycles. The lowest BCUT2D eigenvalue weighted by Crippen LogP contribution is -2.14. The Labute approximate surface area is 126 Å². The van der Waals surface area contributed by atoms with Gasteiger partial charge in [-0.05, 0) is 54.7 Å². The Kier molecular flexibility index (Phi) is 3.64. The lowest BCUT2D eigenvalue weighted by Gasteiger charge is -2.11. The first-order valence-electron chi connectivity index (χ1n) is 7.02. The SMILES string of the molecule is O=C(Nc1ccc(C(F)(F)F)cc1)c1ccccc1C1CC1. The average Bonchev–Trinajstić information content (AvgIpc) is 3.31. The van der Waals surface area contributed by atoms with Crippen molar-refractivity contribution in [1.82, 2.24) is 0 Å². The molecule has 0 spiro atoms. The fourth-order valence-corrected chi connectivity index (χ4v) is 2.40. The van der Waals surface area contributed by atoms with E-state index in [9.17, 15) is 18.0 Å². The highest BCUT2D eigenvalue weighted by molar-refractivity contribution is 6.05. The highest BCUT2D eigenvalue weighted by Gasteiger charge is 2.30. The van der Waals surface area contributed by atoms with E-state index in [0.29, 0.717) is 17.2 Å². The van der Waals surface area contributed by atoms with Gasteiger partial charge in [-0.25, -0.2) is 0 Å². The second-order valence-electron chi connectivity index (χ2n) is 5.39. The van der Waals surface area contributed by atoms with E-state index in [2.05, 4.69) is 5.32 Å². The van der Waals surface area contributed by atoms with Crippen LogP contribution in [0.2, 0.25) is 0 Å². The standard InChI is InChI=1S/C17H14F3NO/c18-17(19,20)12-7-9-13(10-8-12)21-16(22)15-4-2-1-3-14(15)11-5-6-11/h1-4,7-11H,5-6H2,(H,21,22). The summed E-state index contributed by atoms with van der Waals surface area (Å²) in [6.07, 6.45) is -2.23. The molecule has 0 aliphatic heterocycles. The molecule has 0 bridgehead atoms. The number of alkyl halides is 3. The molecule has 0 unspecified atom stereocenters. The lowest BCUT2D eigenvalue weighted by molar-refractivity contribution is -0.137. The number of benzene rings is 2. The van der Waals surface area contributed by atoms with E-state index < -0.39 is 11.7 Å². The predicted molar refractivity (Wildman–Crippen MR) is 77.8 cm³/mol. The highest BCUT2D eigenvalue weighted by atomic mass is 19.4. The topological polar surface area (TPSA) is 29.1 Å². The van der Waals surface area contributed by atoms with E-state index >= 15 is 0 Å². The minimum absolute atomic E-state index is 0.290. The van der Waals surface area contributed by atoms with Gasteiger partial charge >= 0.3 is 6.18 Å². The molecular formula is C17H14F3NO. The largest absolute Gasteiger partial charge is 0.416 e. The van der Waals surface area contributed by atoms with E-state index in [-0.39, 0.29) is 5.91 Å². The van der Waals surface area contributed by atoms with Crippen LogP contribution in [0.3, 0.4) is 0 Å². The summed E-state index contributed by atoms with van der Waals surface area (Å²) < 4.78 is 37.5. The van der Waals surface area contributed by atoms with E-state index in [1.165, 1.54) is 12.1 Å². The van der Waals surface area contributed by atoms with Crippen molar-refractivity contribution in [2.24, 2.45) is 0 Å². The molecule has 1 N–H and O–H groups in total. The third-order valence-corrected chi connectivity index (χ3v) is 3.69. The van der Waals surface area contributed by atoms with Crippen LogP contribution < -0.4 is 5.32 Å². The van der Waals surface area contributed by atoms with Crippen molar-refractivity contribution in [1.29, 1.82) is 0 Å². The summed E-state index contributed by atoms with van der Waals surface area (Å²) in [5.74, 6) is 0.136. The van der Waals surface area contributed by atoms with Gasteiger partial charge in [-0.1, -0.05) is 18.2 Å². The van der Waals surface area contributed by atoms with E-state index in [0.717, 1.165) is 30.5 Å². The van der Waals surface area contributed by atoms with Crippen LogP contribution in [0.15, 0.2) is 48.5 Å². The van der Waals surface area contributed by atoms with Crippen LogP contribution in [0.5, 0.6) is 0 Å². The summed E-state index contributed by atoms with van der Waals surface area (Å²) in [6.45, 7) is 0. The zero-order valence-corrected chi connectivity index (χ0v) is 11.7. The first kappa shape index (κ1) is 14.6. The monoisotopic (exact) mass is 305 g/mol. The highest BCUT2D eigenvalue weighted by Crippen LogP contribution is 2.41. The molecule has 22 heavy (non-hydrogen) atoms. The maximum Gasteiger partial charge on any atom is 0.416 e. The quantitative estimate of drug-likeness (QED) is 0.864. The smallest absolute Gasteiger partial charge is 0.322 e. The molecule has 0 saturated heterocycles. The number of carbonyl (C=O) groups is 1. The number of rotatable bonds is 3. The van der Waals surface area contributed by atoms with Crippen LogP contribution in [-0.2, 0) is 6.18 Å². The number of anilines is 1. The van der Waals surface area contributed by atoms with E-state index in [1.807, 2.05) is 12.1 Å². The molecule has 1 amide bonds. The fraction of sp³-hybridized carbons (Fsp3) is 0.235. The molecule has 0 radical (unpaired) electrons. The first-order chi connectivity index (χ1) is 10.4. The van der Waals surface area contributed by atoms with Crippen LogP contribution in [0.25, 0.3) is 0 Å². The molecule has 0 aromatic heterocycles. The Morgan fingerprint density at radius 2 is 1.64 bits per heavy atom. The Morgan fingerprint density at radius 1 is 1.00 bits per heavy atom. The Morgan fingerprint density at radius 3 is 2.23 bits per heavy atom. The summed E-state index contributed by atoms with van der Waals surface area (Å²) in [7, 11) is 0. The van der Waals surface area contributed by atoms with Crippen molar-refractivity contribution in [2.45, 2.75) is 24.9 Å². The Balaban J connectivity index is 1.77. The zero-order chi connectivity index (χ0) is 15.7. The van der Waals surface area contributed by atoms with Crippen molar-refractivity contribution in [3.8, 4) is 0 Å². The maximum atomic E-state index is 12.5. The predicted octanol–water partition coefficient (Wildman–Crippen LogP) is 4.84. The number of carbonyl (C=O) groups excluding carboxylic acids is 1. The first-order valence-corrected chi connectivity index (χ1v) is 7.02. The zero-order valence-electron chi connectivity index (χ0n) is 11.7. The minimum atomic E-state index is -4.37. The van der Waals surface area contributed by atoms with Crippen LogP contribution in [0.1, 0.15) is 40.2 Å². The van der Waals surface area contributed by atoms with Crippen molar-refractivity contribution >= 4 is 11.6 Å². The number of hydrogen-bond acceptors (Lipinski definition) is 1. The molecule has 0 atom stereocenters. The summed E-state index contributed by atoms with van der Waals surface area (Å²) >= 11 is 0. The van der Waals surface area contributed by atoms with Gasteiger partial charge in [0.2, 0.25) is 0 Å². The summed E-state index contributed by atoms with van der Waals surface area (Å²) in [4.78, 5) is 12.3. The third kappa shape index (κ3) is 3.13. The number of amides is 1. The van der Waals surface area contributed by atoms with Crippen molar-refractivity contribution in [3.05, 3.63) is 65.2 Å². The molecule has 5 heteroatoms. The van der Waals surface area contributed by atoms with Gasteiger partial charge in [0, 0.05) is 11.3 Å². The number of hydrogen-bond donors (Lipinski definition) is 1. The van der Waals surface area contributed by atoms with Crippen LogP contribution in [0, 0.1) is 0 Å². The molecule has 0 heterocycles. The number of halogens is 3. The molecular weight excluding hydrogens is 291 g/mol. The average molecular weight is 305 g/mol. The molecule has 2 aromatic carbocycles. The summed E-state index contributed by atoms with van der Waals surface area (Å²) in [5.41, 5.74) is 1.21. The minimum Gasteiger partial charge on any atom is -0.322 e. The molecule has 1 fully saturated rings. The van der Waals surface area contributed by atoms with Crippen LogP contribution in [-0.4, -0.2) is 5.91 Å². The Bertz CT molecular complexity index is 688. The third-order valence-electron chi connectivity index (χ3n) is 3.69. The van der Waals surface area contributed by atoms with Gasteiger partial charge in [-0.15, -0.1) is 0 Å². The van der Waals surface area contributed by atoms with Gasteiger partial charge in [-0.2, -0.15) is 13.2 Å². The Hall–Kier alpha value is -2.30. The molecule has 1 aliphatic rings. The second kappa shape index (κ2) is 5.48. The van der Waals surface area contributed by atoms with Gasteiger partial charge in [0.05, 0.1) is 5.56 Å². The van der Waals surface area contributed by atoms with Crippen molar-refractivity contribution in [2.75, 3.05) is 5.32 Å². The van der Waals surface area contributed by atoms with Gasteiger partial charge in [0.1, 0.15) is 0 Å². The van der Waals surface area contributed by atoms with Crippen LogP contribution in [0.4, 0.5) is 18.9 Å². The maximum absolute atomic E-state index is 12.5. The molecule has 1 aliphatic carbocycles. The fourth-order valence-electron chi connectivity index (χ4n) is 2.40. The number of nitrogens with one attached hydrogen (secondary N) is 1. The van der Waals surface area contributed by atoms with Crippen molar-refractivity contribution in [3.63, 3.8) is 0 Å². The molecule has 114 valence electrons. The second-order valence-corrected chi connectivity index (χ2v) is 5.39. The van der Waals surface area contributed by atoms with Crippen LogP contribution >= 0.6 is 0 Å². The normalized spacial score (nSPS) is 14.7. The summed E-state index contributed by atoms with van der Waals surface area (Å²) in [5, 5.41) is 2.65. The van der Waals surface area contributed by atoms with Gasteiger partial charge in [0.25, 0.3) is 5.91 Å². The molecule has 2 nitrogen and oxygen atoms in total. The van der Waals surface area contributed by atoms with Gasteiger partial charge in [0.15, 0.2) is 0 Å². The lowest BCUT2D eigenvalue weighted by atomic mass is 10.0. The van der Waals surface area contributed by atoms with Gasteiger partial charge in [-0.3, -0.25) is 4.79 Å². The van der Waals surface area contributed by atoms with Crippen molar-refractivity contribution < 1.29 is 18.0 Å². The van der Waals surface area contributed by atoms with Gasteiger partial charge < -0.3 is 5.32 Å². The summed E-state index contributed by atoms with van der Waals surface area (Å²) in [6, 6.07) is 11.8. The molecule has 3 rings (SSSR count). The van der Waals surface area contributed by atoms with E-state index in [4.69, 9.17) is 0 Å². The van der Waals surface area contributed by atoms with E-state index in [1.54, 1.807) is 12.1 Å².